The van der Waals surface area contributed by atoms with E-state index in [1.807, 2.05) is 19.1 Å². The van der Waals surface area contributed by atoms with Crippen molar-refractivity contribution >= 4 is 17.8 Å². The predicted octanol–water partition coefficient (Wildman–Crippen LogP) is -0.155. The molecule has 1 aromatic rings. The van der Waals surface area contributed by atoms with Crippen LogP contribution in [0, 0.1) is 6.92 Å². The van der Waals surface area contributed by atoms with Gasteiger partial charge in [0, 0.05) is 13.0 Å². The lowest BCUT2D eigenvalue weighted by Crippen LogP contribution is -2.36. The fraction of sp³-hybridized carbons (Fsp3) is 0.417. The molecule has 1 atom stereocenters. The molecule has 0 unspecified atom stereocenters. The van der Waals surface area contributed by atoms with Crippen LogP contribution >= 0.6 is 0 Å². The zero-order valence-corrected chi connectivity index (χ0v) is 10.5. The molecule has 3 N–H and O–H groups in total. The van der Waals surface area contributed by atoms with Gasteiger partial charge in [-0.15, -0.1) is 0 Å². The highest BCUT2D eigenvalue weighted by Gasteiger charge is 2.30. The molecular formula is C12H15N3O4. The van der Waals surface area contributed by atoms with Gasteiger partial charge in [0.2, 0.25) is 5.91 Å². The SMILES string of the molecule is Cc1ccc(CCNC(=O)C[C@H]2NC(=O)NC2=O)o1. The number of amides is 4. The van der Waals surface area contributed by atoms with Crippen molar-refractivity contribution in [1.82, 2.24) is 16.0 Å². The van der Waals surface area contributed by atoms with Crippen molar-refractivity contribution in [3.8, 4) is 0 Å². The summed E-state index contributed by atoms with van der Waals surface area (Å²) >= 11 is 0. The Balaban J connectivity index is 1.70. The topological polar surface area (TPSA) is 100 Å². The third kappa shape index (κ3) is 3.57. The van der Waals surface area contributed by atoms with Crippen molar-refractivity contribution in [2.24, 2.45) is 0 Å². The number of rotatable bonds is 5. The van der Waals surface area contributed by atoms with E-state index in [4.69, 9.17) is 4.42 Å². The fourth-order valence-electron chi connectivity index (χ4n) is 1.80. The Morgan fingerprint density at radius 1 is 1.42 bits per heavy atom. The van der Waals surface area contributed by atoms with E-state index in [1.54, 1.807) is 0 Å². The number of hydrogen-bond donors (Lipinski definition) is 3. The van der Waals surface area contributed by atoms with Crippen molar-refractivity contribution in [3.63, 3.8) is 0 Å². The normalized spacial score (nSPS) is 18.1. The van der Waals surface area contributed by atoms with Crippen LogP contribution in [-0.4, -0.2) is 30.4 Å². The number of hydrogen-bond acceptors (Lipinski definition) is 4. The molecule has 0 aliphatic carbocycles. The maximum atomic E-state index is 11.6. The highest BCUT2D eigenvalue weighted by atomic mass is 16.3. The van der Waals surface area contributed by atoms with Gasteiger partial charge in [0.15, 0.2) is 0 Å². The molecule has 0 aromatic carbocycles. The van der Waals surface area contributed by atoms with E-state index in [9.17, 15) is 14.4 Å². The zero-order valence-electron chi connectivity index (χ0n) is 10.5. The summed E-state index contributed by atoms with van der Waals surface area (Å²) in [5.41, 5.74) is 0. The van der Waals surface area contributed by atoms with Crippen molar-refractivity contribution in [2.45, 2.75) is 25.8 Å². The molecule has 7 nitrogen and oxygen atoms in total. The summed E-state index contributed by atoms with van der Waals surface area (Å²) in [6.07, 6.45) is 0.525. The minimum atomic E-state index is -0.779. The van der Waals surface area contributed by atoms with E-state index >= 15 is 0 Å². The fourth-order valence-corrected chi connectivity index (χ4v) is 1.80. The number of nitrogens with one attached hydrogen (secondary N) is 3. The monoisotopic (exact) mass is 265 g/mol. The molecule has 0 spiro atoms. The Labute approximate surface area is 109 Å². The standard InChI is InChI=1S/C12H15N3O4/c1-7-2-3-8(19-7)4-5-13-10(16)6-9-11(17)15-12(18)14-9/h2-3,9H,4-6H2,1H3,(H,13,16)(H2,14,15,17,18)/t9-/m1/s1. The molecule has 1 aliphatic rings. The molecule has 2 heterocycles. The van der Waals surface area contributed by atoms with E-state index in [-0.39, 0.29) is 12.3 Å². The Kier molecular flexibility index (Phi) is 3.84. The molecule has 4 amide bonds. The van der Waals surface area contributed by atoms with Gasteiger partial charge in [0.25, 0.3) is 5.91 Å². The maximum absolute atomic E-state index is 11.6. The van der Waals surface area contributed by atoms with Gasteiger partial charge in [-0.3, -0.25) is 14.9 Å². The molecule has 1 fully saturated rings. The van der Waals surface area contributed by atoms with E-state index in [0.29, 0.717) is 13.0 Å². The number of urea groups is 1. The molecule has 0 bridgehead atoms. The second-order valence-corrected chi connectivity index (χ2v) is 4.33. The van der Waals surface area contributed by atoms with Crippen molar-refractivity contribution in [1.29, 1.82) is 0 Å². The van der Waals surface area contributed by atoms with Gasteiger partial charge < -0.3 is 15.1 Å². The average Bonchev–Trinajstić information content (AvgIpc) is 2.86. The van der Waals surface area contributed by atoms with Crippen LogP contribution in [-0.2, 0) is 16.0 Å². The van der Waals surface area contributed by atoms with E-state index in [1.165, 1.54) is 0 Å². The van der Waals surface area contributed by atoms with Gasteiger partial charge in [0.1, 0.15) is 17.6 Å². The largest absolute Gasteiger partial charge is 0.466 e. The molecule has 1 aliphatic heterocycles. The summed E-state index contributed by atoms with van der Waals surface area (Å²) in [6.45, 7) is 2.28. The third-order valence-electron chi connectivity index (χ3n) is 2.74. The predicted molar refractivity (Wildman–Crippen MR) is 65.2 cm³/mol. The quantitative estimate of drug-likeness (QED) is 0.644. The van der Waals surface area contributed by atoms with Gasteiger partial charge in [-0.05, 0) is 19.1 Å². The first-order chi connectivity index (χ1) is 9.04. The van der Waals surface area contributed by atoms with Crippen molar-refractivity contribution in [2.75, 3.05) is 6.54 Å². The number of aryl methyl sites for hydroxylation is 1. The lowest BCUT2D eigenvalue weighted by molar-refractivity contribution is -0.126. The van der Waals surface area contributed by atoms with Gasteiger partial charge in [0.05, 0.1) is 6.42 Å². The van der Waals surface area contributed by atoms with Crippen LogP contribution in [0.3, 0.4) is 0 Å². The average molecular weight is 265 g/mol. The Morgan fingerprint density at radius 3 is 2.79 bits per heavy atom. The van der Waals surface area contributed by atoms with Crippen molar-refractivity contribution < 1.29 is 18.8 Å². The summed E-state index contributed by atoms with van der Waals surface area (Å²) in [7, 11) is 0. The van der Waals surface area contributed by atoms with E-state index in [0.717, 1.165) is 11.5 Å². The molecule has 0 saturated carbocycles. The molecular weight excluding hydrogens is 250 g/mol. The molecule has 102 valence electrons. The minimum absolute atomic E-state index is 0.0608. The van der Waals surface area contributed by atoms with Gasteiger partial charge in [-0.25, -0.2) is 4.79 Å². The summed E-state index contributed by atoms with van der Waals surface area (Å²) in [4.78, 5) is 33.7. The Morgan fingerprint density at radius 2 is 2.21 bits per heavy atom. The molecule has 7 heteroatoms. The van der Waals surface area contributed by atoms with Crippen LogP contribution < -0.4 is 16.0 Å². The molecule has 1 saturated heterocycles. The second-order valence-electron chi connectivity index (χ2n) is 4.33. The summed E-state index contributed by atoms with van der Waals surface area (Å²) < 4.78 is 5.36. The van der Waals surface area contributed by atoms with Crippen LogP contribution in [0.5, 0.6) is 0 Å². The van der Waals surface area contributed by atoms with Crippen LogP contribution in [0.25, 0.3) is 0 Å². The third-order valence-corrected chi connectivity index (χ3v) is 2.74. The number of furan rings is 1. The number of imide groups is 1. The molecule has 2 rings (SSSR count). The number of carbonyl (C=O) groups is 3. The first kappa shape index (κ1) is 13.1. The van der Waals surface area contributed by atoms with E-state index < -0.39 is 18.0 Å². The Bertz CT molecular complexity index is 509. The Hall–Kier alpha value is -2.31. The van der Waals surface area contributed by atoms with Crippen LogP contribution in [0.15, 0.2) is 16.5 Å². The minimum Gasteiger partial charge on any atom is -0.466 e. The van der Waals surface area contributed by atoms with Gasteiger partial charge >= 0.3 is 6.03 Å². The van der Waals surface area contributed by atoms with Crippen LogP contribution in [0.1, 0.15) is 17.9 Å². The van der Waals surface area contributed by atoms with Crippen molar-refractivity contribution in [3.05, 3.63) is 23.7 Å². The van der Waals surface area contributed by atoms with Crippen LogP contribution in [0.4, 0.5) is 4.79 Å². The lowest BCUT2D eigenvalue weighted by Gasteiger charge is -2.07. The van der Waals surface area contributed by atoms with Gasteiger partial charge in [-0.2, -0.15) is 0 Å². The summed E-state index contributed by atoms with van der Waals surface area (Å²) in [5, 5.41) is 7.11. The maximum Gasteiger partial charge on any atom is 0.322 e. The smallest absolute Gasteiger partial charge is 0.322 e. The highest BCUT2D eigenvalue weighted by Crippen LogP contribution is 2.06. The number of carbonyl (C=O) groups excluding carboxylic acids is 3. The van der Waals surface area contributed by atoms with Gasteiger partial charge in [-0.1, -0.05) is 0 Å². The second kappa shape index (κ2) is 5.55. The first-order valence-corrected chi connectivity index (χ1v) is 5.98. The molecule has 1 aromatic heterocycles. The molecule has 19 heavy (non-hydrogen) atoms. The summed E-state index contributed by atoms with van der Waals surface area (Å²) in [5.74, 6) is 0.865. The highest BCUT2D eigenvalue weighted by molar-refractivity contribution is 6.05. The summed E-state index contributed by atoms with van der Waals surface area (Å²) in [6, 6.07) is 2.37. The lowest BCUT2D eigenvalue weighted by atomic mass is 10.2. The zero-order chi connectivity index (χ0) is 13.8. The molecule has 0 radical (unpaired) electrons. The van der Waals surface area contributed by atoms with E-state index in [2.05, 4.69) is 16.0 Å². The first-order valence-electron chi connectivity index (χ1n) is 5.98. The van der Waals surface area contributed by atoms with Crippen LogP contribution in [0.2, 0.25) is 0 Å².